The van der Waals surface area contributed by atoms with E-state index in [9.17, 15) is 0 Å². The maximum Gasteiger partial charge on any atom is 0.193 e. The van der Waals surface area contributed by atoms with E-state index in [-0.39, 0.29) is 0 Å². The summed E-state index contributed by atoms with van der Waals surface area (Å²) in [6, 6.07) is 0. The van der Waals surface area contributed by atoms with E-state index >= 15 is 0 Å². The first kappa shape index (κ1) is 15.6. The normalized spacial score (nSPS) is 26.7. The molecule has 2 heterocycles. The van der Waals surface area contributed by atoms with Crippen LogP contribution in [0.2, 0.25) is 0 Å². The Balaban J connectivity index is 1.83. The zero-order valence-corrected chi connectivity index (χ0v) is 13.0. The molecule has 2 aliphatic rings. The van der Waals surface area contributed by atoms with Crippen molar-refractivity contribution in [1.29, 1.82) is 0 Å². The quantitative estimate of drug-likeness (QED) is 0.456. The van der Waals surface area contributed by atoms with E-state index in [2.05, 4.69) is 17.1 Å². The molecule has 2 rings (SSSR count). The summed E-state index contributed by atoms with van der Waals surface area (Å²) in [5.41, 5.74) is 0.390. The zero-order chi connectivity index (χ0) is 14.3. The number of likely N-dealkylation sites (tertiary alicyclic amines) is 1. The zero-order valence-electron chi connectivity index (χ0n) is 13.0. The molecule has 0 aromatic carbocycles. The molecule has 2 saturated heterocycles. The molecular formula is C15H29N3O2. The maximum atomic E-state index is 5.59. The first-order chi connectivity index (χ1) is 9.79. The van der Waals surface area contributed by atoms with E-state index in [0.717, 1.165) is 65.0 Å². The fraction of sp³-hybridized carbons (Fsp3) is 0.933. The van der Waals surface area contributed by atoms with Gasteiger partial charge in [0, 0.05) is 51.4 Å². The third-order valence-electron chi connectivity index (χ3n) is 4.17. The molecule has 5 heteroatoms. The van der Waals surface area contributed by atoms with Crippen molar-refractivity contribution in [2.24, 2.45) is 10.4 Å². The average molecular weight is 283 g/mol. The van der Waals surface area contributed by atoms with Crippen molar-refractivity contribution >= 4 is 5.96 Å². The van der Waals surface area contributed by atoms with Crippen LogP contribution in [-0.2, 0) is 9.47 Å². The van der Waals surface area contributed by atoms with Gasteiger partial charge in [-0.25, -0.2) is 0 Å². The van der Waals surface area contributed by atoms with Gasteiger partial charge in [0.15, 0.2) is 5.96 Å². The summed E-state index contributed by atoms with van der Waals surface area (Å²) >= 11 is 0. The molecule has 0 radical (unpaired) electrons. The molecule has 0 aliphatic carbocycles. The number of hydrogen-bond donors (Lipinski definition) is 1. The van der Waals surface area contributed by atoms with Crippen LogP contribution in [-0.4, -0.2) is 63.5 Å². The second-order valence-corrected chi connectivity index (χ2v) is 5.76. The van der Waals surface area contributed by atoms with E-state index in [4.69, 9.17) is 14.5 Å². The molecule has 1 atom stereocenters. The Morgan fingerprint density at radius 1 is 1.40 bits per heavy atom. The van der Waals surface area contributed by atoms with Gasteiger partial charge in [0.2, 0.25) is 0 Å². The first-order valence-corrected chi connectivity index (χ1v) is 7.98. The van der Waals surface area contributed by atoms with E-state index in [1.807, 2.05) is 6.92 Å². The van der Waals surface area contributed by atoms with Crippen LogP contribution in [0.4, 0.5) is 0 Å². The number of nitrogens with zero attached hydrogens (tertiary/aromatic N) is 2. The highest BCUT2D eigenvalue weighted by Gasteiger charge is 2.42. The molecule has 20 heavy (non-hydrogen) atoms. The summed E-state index contributed by atoms with van der Waals surface area (Å²) in [6.07, 6.45) is 3.43. The molecule has 116 valence electrons. The lowest BCUT2D eigenvalue weighted by molar-refractivity contribution is 0.146. The number of rotatable bonds is 6. The average Bonchev–Trinajstić information content (AvgIpc) is 3.08. The molecule has 0 saturated carbocycles. The van der Waals surface area contributed by atoms with E-state index < -0.39 is 0 Å². The molecule has 5 nitrogen and oxygen atoms in total. The molecule has 0 amide bonds. The van der Waals surface area contributed by atoms with Crippen LogP contribution >= 0.6 is 0 Å². The van der Waals surface area contributed by atoms with Gasteiger partial charge >= 0.3 is 0 Å². The van der Waals surface area contributed by atoms with Crippen molar-refractivity contribution in [1.82, 2.24) is 10.2 Å². The number of ether oxygens (including phenoxy) is 2. The van der Waals surface area contributed by atoms with Crippen LogP contribution in [0.3, 0.4) is 0 Å². The molecule has 0 aromatic heterocycles. The number of nitrogens with one attached hydrogen (secondary N) is 1. The van der Waals surface area contributed by atoms with Crippen LogP contribution in [0.15, 0.2) is 4.99 Å². The standard InChI is InChI=1S/C15H29N3O2/c1-3-16-14(17-8-5-10-19-4-2)18-9-6-15(12-18)7-11-20-13-15/h3-13H2,1-2H3,(H,16,17). The largest absolute Gasteiger partial charge is 0.382 e. The lowest BCUT2D eigenvalue weighted by Gasteiger charge is -2.25. The highest BCUT2D eigenvalue weighted by Crippen LogP contribution is 2.38. The molecular weight excluding hydrogens is 254 g/mol. The third-order valence-corrected chi connectivity index (χ3v) is 4.17. The lowest BCUT2D eigenvalue weighted by Crippen LogP contribution is -2.41. The van der Waals surface area contributed by atoms with Crippen molar-refractivity contribution in [2.45, 2.75) is 33.1 Å². The molecule has 2 aliphatic heterocycles. The Bertz CT molecular complexity index is 314. The summed E-state index contributed by atoms with van der Waals surface area (Å²) < 4.78 is 10.9. The predicted octanol–water partition coefficient (Wildman–Crippen LogP) is 1.49. The number of guanidine groups is 1. The molecule has 0 aromatic rings. The highest BCUT2D eigenvalue weighted by atomic mass is 16.5. The summed E-state index contributed by atoms with van der Waals surface area (Å²) in [5.74, 6) is 1.06. The van der Waals surface area contributed by atoms with Crippen molar-refractivity contribution in [2.75, 3.05) is 52.6 Å². The maximum absolute atomic E-state index is 5.59. The van der Waals surface area contributed by atoms with E-state index in [1.54, 1.807) is 0 Å². The second kappa shape index (κ2) is 7.84. The van der Waals surface area contributed by atoms with Crippen LogP contribution < -0.4 is 5.32 Å². The van der Waals surface area contributed by atoms with Crippen molar-refractivity contribution in [3.63, 3.8) is 0 Å². The first-order valence-electron chi connectivity index (χ1n) is 7.98. The highest BCUT2D eigenvalue weighted by molar-refractivity contribution is 5.80. The van der Waals surface area contributed by atoms with Gasteiger partial charge in [0.1, 0.15) is 0 Å². The SMILES string of the molecule is CCNC(=NCCCOCC)N1CCC2(CCOC2)C1. The van der Waals surface area contributed by atoms with Crippen LogP contribution in [0.25, 0.3) is 0 Å². The molecule has 0 bridgehead atoms. The Morgan fingerprint density at radius 2 is 2.30 bits per heavy atom. The van der Waals surface area contributed by atoms with Crippen LogP contribution in [0, 0.1) is 5.41 Å². The smallest absolute Gasteiger partial charge is 0.193 e. The minimum Gasteiger partial charge on any atom is -0.382 e. The van der Waals surface area contributed by atoms with E-state index in [0.29, 0.717) is 5.41 Å². The van der Waals surface area contributed by atoms with Gasteiger partial charge < -0.3 is 19.7 Å². The van der Waals surface area contributed by atoms with Gasteiger partial charge in [-0.3, -0.25) is 4.99 Å². The van der Waals surface area contributed by atoms with Crippen LogP contribution in [0.1, 0.15) is 33.1 Å². The Labute approximate surface area is 122 Å². The fourth-order valence-electron chi connectivity index (χ4n) is 3.01. The Hall–Kier alpha value is -0.810. The Kier molecular flexibility index (Phi) is 6.10. The topological polar surface area (TPSA) is 46.1 Å². The van der Waals surface area contributed by atoms with Crippen molar-refractivity contribution < 1.29 is 9.47 Å². The van der Waals surface area contributed by atoms with Gasteiger partial charge in [0.05, 0.1) is 6.61 Å². The van der Waals surface area contributed by atoms with Gasteiger partial charge in [-0.1, -0.05) is 0 Å². The third kappa shape index (κ3) is 4.09. The monoisotopic (exact) mass is 283 g/mol. The van der Waals surface area contributed by atoms with Gasteiger partial charge in [0.25, 0.3) is 0 Å². The fourth-order valence-corrected chi connectivity index (χ4v) is 3.01. The van der Waals surface area contributed by atoms with Gasteiger partial charge in [-0.15, -0.1) is 0 Å². The summed E-state index contributed by atoms with van der Waals surface area (Å²) in [7, 11) is 0. The summed E-state index contributed by atoms with van der Waals surface area (Å²) in [4.78, 5) is 7.13. The molecule has 1 unspecified atom stereocenters. The predicted molar refractivity (Wildman–Crippen MR) is 81.1 cm³/mol. The molecule has 1 spiro atoms. The summed E-state index contributed by atoms with van der Waals surface area (Å²) in [6.45, 7) is 11.5. The van der Waals surface area contributed by atoms with Crippen molar-refractivity contribution in [3.8, 4) is 0 Å². The van der Waals surface area contributed by atoms with Crippen molar-refractivity contribution in [3.05, 3.63) is 0 Å². The molecule has 2 fully saturated rings. The Morgan fingerprint density at radius 3 is 3.00 bits per heavy atom. The van der Waals surface area contributed by atoms with E-state index in [1.165, 1.54) is 12.8 Å². The minimum atomic E-state index is 0.390. The minimum absolute atomic E-state index is 0.390. The van der Waals surface area contributed by atoms with Crippen LogP contribution in [0.5, 0.6) is 0 Å². The van der Waals surface area contributed by atoms with Gasteiger partial charge in [-0.05, 0) is 33.1 Å². The van der Waals surface area contributed by atoms with Gasteiger partial charge in [-0.2, -0.15) is 0 Å². The molecule has 1 N–H and O–H groups in total. The second-order valence-electron chi connectivity index (χ2n) is 5.76. The summed E-state index contributed by atoms with van der Waals surface area (Å²) in [5, 5.41) is 3.42. The number of aliphatic imine (C=N–C) groups is 1. The number of hydrogen-bond acceptors (Lipinski definition) is 3. The lowest BCUT2D eigenvalue weighted by atomic mass is 9.87.